The summed E-state index contributed by atoms with van der Waals surface area (Å²) in [5, 5.41) is 11.3. The van der Waals surface area contributed by atoms with Crippen LogP contribution in [0.1, 0.15) is 15.3 Å². The van der Waals surface area contributed by atoms with Gasteiger partial charge in [0.05, 0.1) is 15.4 Å². The standard InChI is InChI=1S/C17H18F3N3O4S2/c1-11-9-16(12(2)28-11)29(26,27)22-7-5-21(6-8-22)14-4-3-13(17(18,19)20)10-15(14)23(24)25/h3-4,9-10H,5-8H2,1-2H3. The second-order valence-electron chi connectivity index (χ2n) is 6.63. The number of hydrogen-bond donors (Lipinski definition) is 0. The lowest BCUT2D eigenvalue weighted by Crippen LogP contribution is -2.48. The largest absolute Gasteiger partial charge is 0.416 e. The van der Waals surface area contributed by atoms with Gasteiger partial charge in [0.1, 0.15) is 5.69 Å². The van der Waals surface area contributed by atoms with E-state index in [1.54, 1.807) is 13.0 Å². The number of benzene rings is 1. The molecule has 1 saturated heterocycles. The first kappa shape index (κ1) is 21.5. The van der Waals surface area contributed by atoms with Crippen molar-refractivity contribution < 1.29 is 26.5 Å². The summed E-state index contributed by atoms with van der Waals surface area (Å²) in [7, 11) is -3.70. The Morgan fingerprint density at radius 2 is 1.72 bits per heavy atom. The van der Waals surface area contributed by atoms with E-state index in [-0.39, 0.29) is 36.8 Å². The van der Waals surface area contributed by atoms with Crippen molar-refractivity contribution in [3.05, 3.63) is 49.7 Å². The molecule has 0 unspecified atom stereocenters. The number of piperazine rings is 1. The van der Waals surface area contributed by atoms with Crippen molar-refractivity contribution in [3.63, 3.8) is 0 Å². The average Bonchev–Trinajstić information content (AvgIpc) is 2.99. The van der Waals surface area contributed by atoms with Crippen LogP contribution in [-0.2, 0) is 16.2 Å². The zero-order valence-corrected chi connectivity index (χ0v) is 17.2. The Labute approximate surface area is 169 Å². The van der Waals surface area contributed by atoms with E-state index in [0.717, 1.165) is 17.0 Å². The van der Waals surface area contributed by atoms with Gasteiger partial charge in [-0.25, -0.2) is 8.42 Å². The molecule has 0 spiro atoms. The van der Waals surface area contributed by atoms with E-state index in [1.807, 2.05) is 6.92 Å². The molecular formula is C17H18F3N3O4S2. The highest BCUT2D eigenvalue weighted by molar-refractivity contribution is 7.89. The van der Waals surface area contributed by atoms with E-state index in [4.69, 9.17) is 0 Å². The Bertz CT molecular complexity index is 1040. The normalized spacial score (nSPS) is 16.2. The molecule has 0 N–H and O–H groups in total. The predicted molar refractivity (Wildman–Crippen MR) is 103 cm³/mol. The molecule has 0 saturated carbocycles. The number of sulfonamides is 1. The van der Waals surface area contributed by atoms with Crippen LogP contribution in [0.5, 0.6) is 0 Å². The summed E-state index contributed by atoms with van der Waals surface area (Å²) in [5.74, 6) is 0. The van der Waals surface area contributed by atoms with E-state index in [2.05, 4.69) is 0 Å². The maximum absolute atomic E-state index is 12.9. The molecule has 0 bridgehead atoms. The molecule has 12 heteroatoms. The van der Waals surface area contributed by atoms with Crippen LogP contribution in [0.25, 0.3) is 0 Å². The molecule has 7 nitrogen and oxygen atoms in total. The van der Waals surface area contributed by atoms with Crippen molar-refractivity contribution in [3.8, 4) is 0 Å². The van der Waals surface area contributed by atoms with Crippen LogP contribution < -0.4 is 4.90 Å². The number of alkyl halides is 3. The summed E-state index contributed by atoms with van der Waals surface area (Å²) in [6.07, 6.45) is -4.69. The third-order valence-electron chi connectivity index (χ3n) is 4.69. The minimum absolute atomic E-state index is 0.0441. The number of anilines is 1. The molecule has 1 aromatic carbocycles. The highest BCUT2D eigenvalue weighted by atomic mass is 32.2. The van der Waals surface area contributed by atoms with E-state index in [1.165, 1.54) is 20.5 Å². The molecule has 0 aliphatic carbocycles. The summed E-state index contributed by atoms with van der Waals surface area (Å²) in [6.45, 7) is 3.97. The summed E-state index contributed by atoms with van der Waals surface area (Å²) >= 11 is 1.38. The smallest absolute Gasteiger partial charge is 0.363 e. The van der Waals surface area contributed by atoms with Gasteiger partial charge in [-0.05, 0) is 32.0 Å². The highest BCUT2D eigenvalue weighted by Gasteiger charge is 2.35. The SMILES string of the molecule is Cc1cc(S(=O)(=O)N2CCN(c3ccc(C(F)(F)F)cc3[N+](=O)[O-])CC2)c(C)s1. The fourth-order valence-corrected chi connectivity index (χ4v) is 6.23. The summed E-state index contributed by atoms with van der Waals surface area (Å²) < 4.78 is 65.7. The minimum atomic E-state index is -4.69. The molecule has 0 amide bonds. The van der Waals surface area contributed by atoms with Crippen molar-refractivity contribution in [2.45, 2.75) is 24.9 Å². The van der Waals surface area contributed by atoms with Gasteiger partial charge in [0.15, 0.2) is 0 Å². The van der Waals surface area contributed by atoms with E-state index >= 15 is 0 Å². The maximum Gasteiger partial charge on any atom is 0.416 e. The Morgan fingerprint density at radius 1 is 1.10 bits per heavy atom. The van der Waals surface area contributed by atoms with Crippen LogP contribution in [0.15, 0.2) is 29.2 Å². The van der Waals surface area contributed by atoms with Crippen molar-refractivity contribution in [2.24, 2.45) is 0 Å². The first-order chi connectivity index (χ1) is 13.4. The van der Waals surface area contributed by atoms with Gasteiger partial charge in [-0.15, -0.1) is 11.3 Å². The first-order valence-corrected chi connectivity index (χ1v) is 10.8. The number of hydrogen-bond acceptors (Lipinski definition) is 6. The molecule has 1 aromatic heterocycles. The topological polar surface area (TPSA) is 83.8 Å². The summed E-state index contributed by atoms with van der Waals surface area (Å²) in [5.41, 5.74) is -1.71. The molecule has 3 rings (SSSR count). The van der Waals surface area contributed by atoms with Gasteiger partial charge < -0.3 is 4.90 Å². The molecule has 1 aliphatic rings. The number of thiophene rings is 1. The van der Waals surface area contributed by atoms with Gasteiger partial charge in [0, 0.05) is 42.0 Å². The molecule has 0 atom stereocenters. The Kier molecular flexibility index (Phi) is 5.62. The Balaban J connectivity index is 1.82. The first-order valence-electron chi connectivity index (χ1n) is 8.59. The van der Waals surface area contributed by atoms with E-state index in [9.17, 15) is 31.7 Å². The third kappa shape index (κ3) is 4.23. The van der Waals surface area contributed by atoms with Gasteiger partial charge in [-0.2, -0.15) is 17.5 Å². The summed E-state index contributed by atoms with van der Waals surface area (Å²) in [4.78, 5) is 13.8. The van der Waals surface area contributed by atoms with E-state index < -0.39 is 32.4 Å². The van der Waals surface area contributed by atoms with Crippen molar-refractivity contribution in [2.75, 3.05) is 31.1 Å². The number of halogens is 3. The van der Waals surface area contributed by atoms with Crippen LogP contribution in [0, 0.1) is 24.0 Å². The number of aryl methyl sites for hydroxylation is 2. The predicted octanol–water partition coefficient (Wildman–Crippen LogP) is 3.80. The quantitative estimate of drug-likeness (QED) is 0.524. The lowest BCUT2D eigenvalue weighted by Gasteiger charge is -2.35. The number of nitrogens with zero attached hydrogens (tertiary/aromatic N) is 3. The molecule has 158 valence electrons. The van der Waals surface area contributed by atoms with Gasteiger partial charge >= 0.3 is 6.18 Å². The van der Waals surface area contributed by atoms with Crippen LogP contribution >= 0.6 is 11.3 Å². The van der Waals surface area contributed by atoms with Crippen molar-refractivity contribution >= 4 is 32.7 Å². The Morgan fingerprint density at radius 3 is 2.21 bits per heavy atom. The van der Waals surface area contributed by atoms with E-state index in [0.29, 0.717) is 10.9 Å². The Hall–Kier alpha value is -2.18. The number of rotatable bonds is 4. The van der Waals surface area contributed by atoms with Crippen molar-refractivity contribution in [1.29, 1.82) is 0 Å². The van der Waals surface area contributed by atoms with Gasteiger partial charge in [0.2, 0.25) is 10.0 Å². The highest BCUT2D eigenvalue weighted by Crippen LogP contribution is 2.37. The zero-order chi connectivity index (χ0) is 21.6. The number of nitro benzene ring substituents is 1. The lowest BCUT2D eigenvalue weighted by atomic mass is 10.1. The molecular weight excluding hydrogens is 431 g/mol. The monoisotopic (exact) mass is 449 g/mol. The minimum Gasteiger partial charge on any atom is -0.363 e. The van der Waals surface area contributed by atoms with Crippen LogP contribution in [0.4, 0.5) is 24.5 Å². The zero-order valence-electron chi connectivity index (χ0n) is 15.6. The van der Waals surface area contributed by atoms with Crippen molar-refractivity contribution in [1.82, 2.24) is 4.31 Å². The fourth-order valence-electron chi connectivity index (χ4n) is 3.29. The second kappa shape index (κ2) is 7.58. The molecule has 1 aliphatic heterocycles. The summed E-state index contributed by atoms with van der Waals surface area (Å²) in [6, 6.07) is 3.98. The van der Waals surface area contributed by atoms with Crippen LogP contribution in [0.3, 0.4) is 0 Å². The average molecular weight is 449 g/mol. The van der Waals surface area contributed by atoms with Gasteiger partial charge in [-0.1, -0.05) is 0 Å². The molecule has 0 radical (unpaired) electrons. The fraction of sp³-hybridized carbons (Fsp3) is 0.412. The molecule has 29 heavy (non-hydrogen) atoms. The molecule has 2 heterocycles. The molecule has 1 fully saturated rings. The third-order valence-corrected chi connectivity index (χ3v) is 7.81. The molecule has 2 aromatic rings. The van der Waals surface area contributed by atoms with Crippen LogP contribution in [-0.4, -0.2) is 43.8 Å². The lowest BCUT2D eigenvalue weighted by molar-refractivity contribution is -0.384. The van der Waals surface area contributed by atoms with Crippen LogP contribution in [0.2, 0.25) is 0 Å². The second-order valence-corrected chi connectivity index (χ2v) is 9.99. The van der Waals surface area contributed by atoms with Gasteiger partial charge in [0.25, 0.3) is 5.69 Å². The number of nitro groups is 1. The van der Waals surface area contributed by atoms with Gasteiger partial charge in [-0.3, -0.25) is 10.1 Å². The maximum atomic E-state index is 12.9.